The van der Waals surface area contributed by atoms with Crippen LogP contribution in [0.5, 0.6) is 0 Å². The second-order valence-corrected chi connectivity index (χ2v) is 20.3. The van der Waals surface area contributed by atoms with Crippen LogP contribution in [0.1, 0.15) is 0 Å². The fraction of sp³-hybridized carbons (Fsp3) is 0.0417. The van der Waals surface area contributed by atoms with E-state index in [2.05, 4.69) is 4.72 Å². The van der Waals surface area contributed by atoms with Crippen LogP contribution in [0, 0.1) is 0 Å². The molecule has 312 valence electrons. The number of benzene rings is 7. The fourth-order valence-corrected chi connectivity index (χ4v) is 11.4. The Balaban J connectivity index is 0.999. The minimum atomic E-state index is -4.18. The van der Waals surface area contributed by atoms with Crippen molar-refractivity contribution in [3.05, 3.63) is 176 Å². The molecule has 15 heteroatoms. The molecule has 0 aliphatic carbocycles. The van der Waals surface area contributed by atoms with Gasteiger partial charge in [0.05, 0.1) is 73.6 Å². The van der Waals surface area contributed by atoms with E-state index in [0.29, 0.717) is 54.1 Å². The van der Waals surface area contributed by atoms with E-state index >= 15 is 0 Å². The molecule has 0 saturated carbocycles. The lowest BCUT2D eigenvalue weighted by atomic mass is 10.00. The summed E-state index contributed by atoms with van der Waals surface area (Å²) in [5.41, 5.74) is 9.47. The highest BCUT2D eigenvalue weighted by Crippen LogP contribution is 2.35. The molecule has 0 saturated heterocycles. The quantitative estimate of drug-likeness (QED) is 0.132. The molecule has 1 N–H and O–H groups in total. The van der Waals surface area contributed by atoms with Gasteiger partial charge in [0.15, 0.2) is 0 Å². The summed E-state index contributed by atoms with van der Waals surface area (Å²) in [5, 5.41) is 0. The van der Waals surface area contributed by atoms with Crippen LogP contribution in [-0.4, -0.2) is 57.7 Å². The first-order valence-electron chi connectivity index (χ1n) is 19.5. The maximum atomic E-state index is 13.7. The minimum Gasteiger partial charge on any atom is -0.280 e. The van der Waals surface area contributed by atoms with Crippen molar-refractivity contribution in [2.45, 2.75) is 4.90 Å². The van der Waals surface area contributed by atoms with Crippen LogP contribution in [0.3, 0.4) is 0 Å². The van der Waals surface area contributed by atoms with Gasteiger partial charge in [-0.1, -0.05) is 127 Å². The van der Waals surface area contributed by atoms with Crippen molar-refractivity contribution in [2.75, 3.05) is 20.9 Å². The van der Waals surface area contributed by atoms with Crippen molar-refractivity contribution in [1.82, 2.24) is 19.9 Å². The average molecular weight is 889 g/mol. The van der Waals surface area contributed by atoms with E-state index < -0.39 is 30.1 Å². The number of nitrogens with one attached hydrogen (secondary N) is 1. The Morgan fingerprint density at radius 1 is 0.381 bits per heavy atom. The van der Waals surface area contributed by atoms with Gasteiger partial charge in [-0.2, -0.15) is 3.71 Å². The number of rotatable bonds is 11. The molecule has 7 aromatic carbocycles. The molecular formula is C48H36N6O6S3. The third-order valence-electron chi connectivity index (χ3n) is 10.2. The summed E-state index contributed by atoms with van der Waals surface area (Å²) >= 11 is 0. The Labute approximate surface area is 364 Å². The van der Waals surface area contributed by atoms with Crippen LogP contribution >= 0.6 is 0 Å². The topological polar surface area (TPSA) is 169 Å². The van der Waals surface area contributed by atoms with Crippen LogP contribution in [0.15, 0.2) is 181 Å². The molecule has 9 aromatic rings. The molecule has 0 atom stereocenters. The molecule has 0 fully saturated rings. The fourth-order valence-electron chi connectivity index (χ4n) is 7.36. The lowest BCUT2D eigenvalue weighted by Crippen LogP contribution is -2.35. The Hall–Kier alpha value is -7.33. The normalized spacial score (nSPS) is 12.0. The zero-order valence-corrected chi connectivity index (χ0v) is 36.1. The first-order valence-corrected chi connectivity index (χ1v) is 24.6. The summed E-state index contributed by atoms with van der Waals surface area (Å²) in [5.74, 6) is 0. The molecule has 63 heavy (non-hydrogen) atoms. The van der Waals surface area contributed by atoms with Gasteiger partial charge in [0.2, 0.25) is 20.0 Å². The Morgan fingerprint density at radius 2 is 0.746 bits per heavy atom. The Morgan fingerprint density at radius 3 is 1.19 bits per heavy atom. The van der Waals surface area contributed by atoms with Crippen molar-refractivity contribution in [3.63, 3.8) is 0 Å². The summed E-state index contributed by atoms with van der Waals surface area (Å²) in [6, 6.07) is 52.5. The Bertz CT molecular complexity index is 3500. The SMILES string of the molecule is CS(=O)(=O)N(c1ccc2nc(-c3ccccc3)c(-c3ccc(-c4ccc(S(=O)(=O)Nc5ccc6nc(-c7ccccc7)c(-c7ccccc7)nc6c5)cc4)cc3)nc2c1)S(C)(=O)=O. The molecule has 2 aromatic heterocycles. The van der Waals surface area contributed by atoms with E-state index in [1.54, 1.807) is 48.5 Å². The highest BCUT2D eigenvalue weighted by Gasteiger charge is 2.28. The standard InChI is InChI=1S/C48H36N6O6S3/c1-61(55,56)54(62(2,57)58)39-25-29-42-44(31-39)52-48(46(50-42)35-14-8-4-9-15-35)37-20-18-32(19-21-37)33-22-26-40(27-23-33)63(59,60)53-38-24-28-41-43(30-38)51-47(36-16-10-5-11-17-36)45(49-41)34-12-6-3-7-13-34/h3-31,53H,1-2H3. The summed E-state index contributed by atoms with van der Waals surface area (Å²) in [6.07, 6.45) is 1.65. The maximum Gasteiger partial charge on any atom is 0.261 e. The van der Waals surface area contributed by atoms with E-state index in [-0.39, 0.29) is 10.6 Å². The molecule has 0 spiro atoms. The predicted molar refractivity (Wildman–Crippen MR) is 249 cm³/mol. The minimum absolute atomic E-state index is 0.0714. The van der Waals surface area contributed by atoms with Crippen molar-refractivity contribution < 1.29 is 25.3 Å². The van der Waals surface area contributed by atoms with Gasteiger partial charge in [0, 0.05) is 22.3 Å². The lowest BCUT2D eigenvalue weighted by Gasteiger charge is -2.20. The van der Waals surface area contributed by atoms with Crippen LogP contribution in [-0.2, 0) is 30.1 Å². The molecule has 0 amide bonds. The number of anilines is 2. The van der Waals surface area contributed by atoms with Crippen molar-refractivity contribution in [1.29, 1.82) is 0 Å². The van der Waals surface area contributed by atoms with Gasteiger partial charge in [0.1, 0.15) is 0 Å². The second-order valence-electron chi connectivity index (χ2n) is 14.7. The summed E-state index contributed by atoms with van der Waals surface area (Å²) in [7, 11) is -12.4. The molecule has 0 radical (unpaired) electrons. The number of hydrogen-bond donors (Lipinski definition) is 1. The molecule has 0 unspecified atom stereocenters. The number of nitrogens with zero attached hydrogens (tertiary/aromatic N) is 5. The largest absolute Gasteiger partial charge is 0.280 e. The molecule has 2 heterocycles. The maximum absolute atomic E-state index is 13.7. The third kappa shape index (κ3) is 8.49. The van der Waals surface area contributed by atoms with Crippen LogP contribution < -0.4 is 8.43 Å². The van der Waals surface area contributed by atoms with Crippen molar-refractivity contribution in [2.24, 2.45) is 0 Å². The smallest absolute Gasteiger partial charge is 0.261 e. The van der Waals surface area contributed by atoms with Crippen LogP contribution in [0.25, 0.3) is 78.2 Å². The van der Waals surface area contributed by atoms with Gasteiger partial charge in [0.25, 0.3) is 10.0 Å². The zero-order valence-electron chi connectivity index (χ0n) is 33.7. The van der Waals surface area contributed by atoms with Gasteiger partial charge in [-0.25, -0.2) is 45.2 Å². The third-order valence-corrected chi connectivity index (χ3v) is 14.8. The summed E-state index contributed by atoms with van der Waals surface area (Å²) in [4.78, 5) is 19.8. The highest BCUT2D eigenvalue weighted by atomic mass is 32.3. The highest BCUT2D eigenvalue weighted by molar-refractivity contribution is 8.09. The van der Waals surface area contributed by atoms with Crippen LogP contribution in [0.4, 0.5) is 11.4 Å². The number of hydrogen-bond acceptors (Lipinski definition) is 10. The van der Waals surface area contributed by atoms with Gasteiger partial charge >= 0.3 is 0 Å². The first kappa shape index (κ1) is 41.0. The molecule has 0 bridgehead atoms. The molecule has 0 aliphatic heterocycles. The van der Waals surface area contributed by atoms with E-state index in [4.69, 9.17) is 19.9 Å². The molecule has 12 nitrogen and oxygen atoms in total. The van der Waals surface area contributed by atoms with Gasteiger partial charge in [-0.15, -0.1) is 0 Å². The average Bonchev–Trinajstić information content (AvgIpc) is 3.28. The van der Waals surface area contributed by atoms with Crippen molar-refractivity contribution in [3.8, 4) is 56.2 Å². The molecular weight excluding hydrogens is 853 g/mol. The number of fused-ring (bicyclic) bond motifs is 2. The molecule has 9 rings (SSSR count). The Kier molecular flexibility index (Phi) is 10.5. The molecule has 0 aliphatic rings. The van der Waals surface area contributed by atoms with Crippen molar-refractivity contribution >= 4 is 63.5 Å². The number of sulfonamides is 3. The van der Waals surface area contributed by atoms with Crippen LogP contribution in [0.2, 0.25) is 0 Å². The van der Waals surface area contributed by atoms with Gasteiger partial charge in [-0.05, 0) is 59.7 Å². The summed E-state index contributed by atoms with van der Waals surface area (Å²) < 4.78 is 80.6. The van der Waals surface area contributed by atoms with Gasteiger partial charge in [-0.3, -0.25) is 4.72 Å². The van der Waals surface area contributed by atoms with E-state index in [9.17, 15) is 25.3 Å². The predicted octanol–water partition coefficient (Wildman–Crippen LogP) is 9.43. The monoisotopic (exact) mass is 888 g/mol. The van der Waals surface area contributed by atoms with E-state index in [1.807, 2.05) is 115 Å². The first-order chi connectivity index (χ1) is 30.2. The second kappa shape index (κ2) is 16.2. The summed E-state index contributed by atoms with van der Waals surface area (Å²) in [6.45, 7) is 0. The van der Waals surface area contributed by atoms with Gasteiger partial charge < -0.3 is 0 Å². The van der Waals surface area contributed by atoms with E-state index in [1.165, 1.54) is 12.1 Å². The number of aromatic nitrogens is 4. The lowest BCUT2D eigenvalue weighted by molar-refractivity contribution is 0.590. The zero-order chi connectivity index (χ0) is 43.9. The van der Waals surface area contributed by atoms with E-state index in [0.717, 1.165) is 46.0 Å².